The molecule has 1 aromatic rings. The molecule has 4 heteroatoms. The lowest BCUT2D eigenvalue weighted by Gasteiger charge is -2.41. The number of nitrogens with one attached hydrogen (secondary N) is 1. The molecular formula is C14H17ClNO2+. The van der Waals surface area contributed by atoms with E-state index in [-0.39, 0.29) is 12.1 Å². The summed E-state index contributed by atoms with van der Waals surface area (Å²) in [4.78, 5) is 13.6. The van der Waals surface area contributed by atoms with Gasteiger partial charge >= 0.3 is 5.97 Å². The molecule has 0 saturated carbocycles. The lowest BCUT2D eigenvalue weighted by Crippen LogP contribution is -3.16. The Kier molecular flexibility index (Phi) is 3.27. The Morgan fingerprint density at radius 2 is 1.89 bits per heavy atom. The molecule has 0 unspecified atom stereocenters. The van der Waals surface area contributed by atoms with Gasteiger partial charge in [-0.3, -0.25) is 0 Å². The highest BCUT2D eigenvalue weighted by molar-refractivity contribution is 6.30. The van der Waals surface area contributed by atoms with Crippen LogP contribution in [-0.2, 0) is 4.74 Å². The number of piperidine rings is 3. The fraction of sp³-hybridized carbons (Fsp3) is 0.500. The molecule has 1 atom stereocenters. The van der Waals surface area contributed by atoms with Gasteiger partial charge in [-0.1, -0.05) is 11.6 Å². The average molecular weight is 267 g/mol. The lowest BCUT2D eigenvalue weighted by molar-refractivity contribution is -0.920. The van der Waals surface area contributed by atoms with E-state index in [9.17, 15) is 4.79 Å². The molecule has 0 aromatic heterocycles. The van der Waals surface area contributed by atoms with Gasteiger partial charge in [0.15, 0.2) is 6.10 Å². The zero-order valence-electron chi connectivity index (χ0n) is 10.2. The van der Waals surface area contributed by atoms with Gasteiger partial charge in [0.1, 0.15) is 6.54 Å². The highest BCUT2D eigenvalue weighted by atomic mass is 35.5. The minimum Gasteiger partial charge on any atom is -0.452 e. The molecule has 96 valence electrons. The number of fused-ring (bicyclic) bond motifs is 3. The molecule has 3 saturated heterocycles. The van der Waals surface area contributed by atoms with Crippen molar-refractivity contribution in [3.63, 3.8) is 0 Å². The maximum Gasteiger partial charge on any atom is 0.338 e. The molecule has 3 aliphatic rings. The van der Waals surface area contributed by atoms with E-state index in [1.807, 2.05) is 0 Å². The Labute approximate surface area is 112 Å². The molecule has 3 heterocycles. The molecule has 3 nitrogen and oxygen atoms in total. The minimum atomic E-state index is -0.218. The summed E-state index contributed by atoms with van der Waals surface area (Å²) in [5, 5.41) is 0.638. The summed E-state index contributed by atoms with van der Waals surface area (Å²) >= 11 is 5.80. The first kappa shape index (κ1) is 12.0. The normalized spacial score (nSPS) is 30.2. The Bertz CT molecular complexity index is 438. The number of rotatable bonds is 2. The molecule has 0 spiro atoms. The van der Waals surface area contributed by atoms with Crippen molar-refractivity contribution in [2.24, 2.45) is 5.92 Å². The third kappa shape index (κ3) is 2.38. The summed E-state index contributed by atoms with van der Waals surface area (Å²) in [7, 11) is 0. The molecule has 1 aromatic carbocycles. The van der Waals surface area contributed by atoms with E-state index in [2.05, 4.69) is 0 Å². The van der Waals surface area contributed by atoms with Crippen molar-refractivity contribution in [1.82, 2.24) is 0 Å². The summed E-state index contributed by atoms with van der Waals surface area (Å²) < 4.78 is 5.65. The molecule has 1 N–H and O–H groups in total. The van der Waals surface area contributed by atoms with Crippen LogP contribution in [0.25, 0.3) is 0 Å². The van der Waals surface area contributed by atoms with E-state index < -0.39 is 0 Å². The highest BCUT2D eigenvalue weighted by Crippen LogP contribution is 2.22. The Balaban J connectivity index is 1.66. The van der Waals surface area contributed by atoms with E-state index in [1.54, 1.807) is 29.2 Å². The van der Waals surface area contributed by atoms with Crippen molar-refractivity contribution < 1.29 is 14.4 Å². The maximum absolute atomic E-state index is 12.0. The summed E-state index contributed by atoms with van der Waals surface area (Å²) in [6.07, 6.45) is 2.48. The van der Waals surface area contributed by atoms with Gasteiger partial charge in [-0.2, -0.15) is 0 Å². The lowest BCUT2D eigenvalue weighted by atomic mass is 9.86. The van der Waals surface area contributed by atoms with Crippen LogP contribution in [0.3, 0.4) is 0 Å². The molecular weight excluding hydrogens is 250 g/mol. The van der Waals surface area contributed by atoms with Crippen LogP contribution in [0.1, 0.15) is 23.2 Å². The molecule has 3 fully saturated rings. The highest BCUT2D eigenvalue weighted by Gasteiger charge is 2.39. The Hall–Kier alpha value is -1.06. The second kappa shape index (κ2) is 4.90. The summed E-state index contributed by atoms with van der Waals surface area (Å²) in [6, 6.07) is 6.89. The van der Waals surface area contributed by atoms with E-state index in [4.69, 9.17) is 16.3 Å². The van der Waals surface area contributed by atoms with E-state index in [1.165, 1.54) is 25.9 Å². The van der Waals surface area contributed by atoms with E-state index >= 15 is 0 Å². The molecule has 0 aliphatic carbocycles. The standard InChI is InChI=1S/C14H16ClNO2/c15-12-3-1-11(2-4-12)14(17)18-13-9-16-7-5-10(13)6-8-16/h1-4,10,13H,5-9H2/p+1/t13-/m1/s1. The van der Waals surface area contributed by atoms with Crippen molar-refractivity contribution in [3.8, 4) is 0 Å². The van der Waals surface area contributed by atoms with E-state index in [0.717, 1.165) is 6.54 Å². The smallest absolute Gasteiger partial charge is 0.338 e. The van der Waals surface area contributed by atoms with Gasteiger partial charge in [0, 0.05) is 23.8 Å². The monoisotopic (exact) mass is 266 g/mol. The number of benzene rings is 1. The van der Waals surface area contributed by atoms with Crippen LogP contribution in [0.5, 0.6) is 0 Å². The summed E-state index contributed by atoms with van der Waals surface area (Å²) in [6.45, 7) is 3.45. The van der Waals surface area contributed by atoms with Gasteiger partial charge in [0.25, 0.3) is 0 Å². The number of quaternary nitrogens is 1. The van der Waals surface area contributed by atoms with E-state index in [0.29, 0.717) is 16.5 Å². The number of esters is 1. The van der Waals surface area contributed by atoms with Crippen molar-refractivity contribution in [2.75, 3.05) is 19.6 Å². The number of carbonyl (C=O) groups is 1. The minimum absolute atomic E-state index is 0.102. The second-order valence-corrected chi connectivity index (χ2v) is 5.68. The van der Waals surface area contributed by atoms with Gasteiger partial charge in [-0.25, -0.2) is 4.79 Å². The third-order valence-corrected chi connectivity index (χ3v) is 4.34. The van der Waals surface area contributed by atoms with Gasteiger partial charge in [0.05, 0.1) is 18.7 Å². The Morgan fingerprint density at radius 1 is 1.22 bits per heavy atom. The maximum atomic E-state index is 12.0. The molecule has 3 aliphatic heterocycles. The molecule has 18 heavy (non-hydrogen) atoms. The largest absolute Gasteiger partial charge is 0.452 e. The van der Waals surface area contributed by atoms with Gasteiger partial charge in [0.2, 0.25) is 0 Å². The topological polar surface area (TPSA) is 30.7 Å². The first-order valence-corrected chi connectivity index (χ1v) is 6.90. The van der Waals surface area contributed by atoms with Crippen LogP contribution in [0.2, 0.25) is 5.02 Å². The van der Waals surface area contributed by atoms with Gasteiger partial charge < -0.3 is 9.64 Å². The predicted octanol–water partition coefficient (Wildman–Crippen LogP) is 1.17. The first-order chi connectivity index (χ1) is 8.72. The van der Waals surface area contributed by atoms with Crippen LogP contribution >= 0.6 is 11.6 Å². The number of carbonyl (C=O) groups excluding carboxylic acids is 1. The van der Waals surface area contributed by atoms with Gasteiger partial charge in [-0.15, -0.1) is 0 Å². The molecule has 0 radical (unpaired) electrons. The number of hydrogen-bond acceptors (Lipinski definition) is 2. The third-order valence-electron chi connectivity index (χ3n) is 4.09. The number of halogens is 1. The predicted molar refractivity (Wildman–Crippen MR) is 68.9 cm³/mol. The summed E-state index contributed by atoms with van der Waals surface area (Å²) in [5.74, 6) is 0.351. The number of ether oxygens (including phenoxy) is 1. The zero-order chi connectivity index (χ0) is 12.5. The van der Waals surface area contributed by atoms with Gasteiger partial charge in [-0.05, 0) is 24.3 Å². The van der Waals surface area contributed by atoms with Crippen LogP contribution in [-0.4, -0.2) is 31.7 Å². The quantitative estimate of drug-likeness (QED) is 0.815. The first-order valence-electron chi connectivity index (χ1n) is 6.52. The molecule has 0 amide bonds. The van der Waals surface area contributed by atoms with Crippen molar-refractivity contribution >= 4 is 17.6 Å². The SMILES string of the molecule is O=C(O[C@@H]1C[NH+]2CCC1CC2)c1ccc(Cl)cc1. The Morgan fingerprint density at radius 3 is 2.44 bits per heavy atom. The molecule has 2 bridgehead atoms. The average Bonchev–Trinajstić information content (AvgIpc) is 2.41. The van der Waals surface area contributed by atoms with Crippen molar-refractivity contribution in [2.45, 2.75) is 18.9 Å². The van der Waals surface area contributed by atoms with Crippen molar-refractivity contribution in [1.29, 1.82) is 0 Å². The number of hydrogen-bond donors (Lipinski definition) is 1. The van der Waals surface area contributed by atoms with Crippen LogP contribution in [0.4, 0.5) is 0 Å². The zero-order valence-corrected chi connectivity index (χ0v) is 11.0. The fourth-order valence-corrected chi connectivity index (χ4v) is 3.13. The van der Waals surface area contributed by atoms with Crippen LogP contribution < -0.4 is 4.90 Å². The fourth-order valence-electron chi connectivity index (χ4n) is 3.00. The van der Waals surface area contributed by atoms with Crippen LogP contribution in [0.15, 0.2) is 24.3 Å². The second-order valence-electron chi connectivity index (χ2n) is 5.24. The summed E-state index contributed by atoms with van der Waals surface area (Å²) in [5.41, 5.74) is 0.589. The van der Waals surface area contributed by atoms with Crippen LogP contribution in [0, 0.1) is 5.92 Å². The molecule has 4 rings (SSSR count). The van der Waals surface area contributed by atoms with Crippen molar-refractivity contribution in [3.05, 3.63) is 34.9 Å².